The summed E-state index contributed by atoms with van der Waals surface area (Å²) < 4.78 is 52.1. The molecule has 9 heteroatoms. The van der Waals surface area contributed by atoms with Gasteiger partial charge in [-0.1, -0.05) is 36.4 Å². The molecule has 1 aliphatic heterocycles. The van der Waals surface area contributed by atoms with Crippen molar-refractivity contribution in [2.24, 2.45) is 0 Å². The highest BCUT2D eigenvalue weighted by Crippen LogP contribution is 2.30. The van der Waals surface area contributed by atoms with Crippen molar-refractivity contribution >= 4 is 6.03 Å². The third-order valence-corrected chi connectivity index (χ3v) is 4.07. The molecular formula is C20H21F3N2O4. The van der Waals surface area contributed by atoms with E-state index >= 15 is 0 Å². The summed E-state index contributed by atoms with van der Waals surface area (Å²) >= 11 is 0. The Labute approximate surface area is 166 Å². The number of hydrogen-bond donors (Lipinski definition) is 2. The van der Waals surface area contributed by atoms with Gasteiger partial charge in [0.25, 0.3) is 0 Å². The number of carbonyl (C=O) groups excluding carboxylic acids is 1. The average molecular weight is 410 g/mol. The molecule has 29 heavy (non-hydrogen) atoms. The van der Waals surface area contributed by atoms with E-state index in [-0.39, 0.29) is 31.8 Å². The van der Waals surface area contributed by atoms with Crippen molar-refractivity contribution < 1.29 is 32.2 Å². The van der Waals surface area contributed by atoms with Gasteiger partial charge in [0.15, 0.2) is 17.6 Å². The molecule has 3 rings (SSSR count). The second-order valence-electron chi connectivity index (χ2n) is 6.49. The molecule has 0 bridgehead atoms. The average Bonchev–Trinajstić information content (AvgIpc) is 2.70. The van der Waals surface area contributed by atoms with Gasteiger partial charge in [-0.25, -0.2) is 4.79 Å². The largest absolute Gasteiger partial charge is 0.486 e. The van der Waals surface area contributed by atoms with Crippen molar-refractivity contribution in [3.05, 3.63) is 59.7 Å². The maximum absolute atomic E-state index is 12.1. The van der Waals surface area contributed by atoms with Gasteiger partial charge >= 0.3 is 12.2 Å². The minimum atomic E-state index is -4.34. The van der Waals surface area contributed by atoms with Gasteiger partial charge in [-0.05, 0) is 23.3 Å². The van der Waals surface area contributed by atoms with Gasteiger partial charge in [-0.3, -0.25) is 0 Å². The smallest absolute Gasteiger partial charge is 0.411 e. The lowest BCUT2D eigenvalue weighted by Crippen LogP contribution is -2.44. The van der Waals surface area contributed by atoms with Gasteiger partial charge in [0.1, 0.15) is 13.2 Å². The topological polar surface area (TPSA) is 68.8 Å². The number of amides is 2. The Morgan fingerprint density at radius 2 is 1.72 bits per heavy atom. The summed E-state index contributed by atoms with van der Waals surface area (Å²) in [5, 5.41) is 5.44. The minimum Gasteiger partial charge on any atom is -0.486 e. The molecule has 2 aromatic carbocycles. The minimum absolute atomic E-state index is 0.125. The summed E-state index contributed by atoms with van der Waals surface area (Å²) in [6.07, 6.45) is -4.62. The molecule has 0 aromatic heterocycles. The molecule has 1 atom stereocenters. The van der Waals surface area contributed by atoms with Crippen LogP contribution in [0.25, 0.3) is 0 Å². The van der Waals surface area contributed by atoms with Crippen LogP contribution in [-0.4, -0.2) is 38.1 Å². The summed E-state index contributed by atoms with van der Waals surface area (Å²) in [5.74, 6) is 1.32. The second kappa shape index (κ2) is 9.51. The first-order chi connectivity index (χ1) is 13.9. The Balaban J connectivity index is 1.35. The molecule has 0 saturated heterocycles. The Morgan fingerprint density at radius 1 is 1.03 bits per heavy atom. The van der Waals surface area contributed by atoms with Crippen molar-refractivity contribution in [3.8, 4) is 11.5 Å². The first-order valence-electron chi connectivity index (χ1n) is 9.01. The first kappa shape index (κ1) is 20.8. The van der Waals surface area contributed by atoms with E-state index in [1.807, 2.05) is 18.2 Å². The van der Waals surface area contributed by atoms with Crippen LogP contribution >= 0.6 is 0 Å². The number of benzene rings is 2. The molecular weight excluding hydrogens is 389 g/mol. The molecule has 0 radical (unpaired) electrons. The lowest BCUT2D eigenvalue weighted by atomic mass is 10.1. The van der Waals surface area contributed by atoms with Crippen LogP contribution in [0.5, 0.6) is 11.5 Å². The fraction of sp³-hybridized carbons (Fsp3) is 0.350. The van der Waals surface area contributed by atoms with Crippen LogP contribution in [0.3, 0.4) is 0 Å². The van der Waals surface area contributed by atoms with Crippen molar-refractivity contribution in [2.45, 2.75) is 25.4 Å². The molecule has 1 aliphatic rings. The zero-order valence-electron chi connectivity index (χ0n) is 15.5. The van der Waals surface area contributed by atoms with Gasteiger partial charge < -0.3 is 24.8 Å². The maximum atomic E-state index is 12.1. The molecule has 156 valence electrons. The quantitative estimate of drug-likeness (QED) is 0.734. The van der Waals surface area contributed by atoms with Crippen molar-refractivity contribution in [2.75, 3.05) is 19.8 Å². The van der Waals surface area contributed by atoms with Crippen molar-refractivity contribution in [1.82, 2.24) is 10.6 Å². The lowest BCUT2D eigenvalue weighted by molar-refractivity contribution is -0.176. The molecule has 0 spiro atoms. The lowest BCUT2D eigenvalue weighted by Gasteiger charge is -2.26. The molecule has 2 amide bonds. The van der Waals surface area contributed by atoms with Crippen LogP contribution in [0.4, 0.5) is 18.0 Å². The fourth-order valence-electron chi connectivity index (χ4n) is 2.65. The van der Waals surface area contributed by atoms with Gasteiger partial charge in [-0.15, -0.1) is 0 Å². The number of carbonyl (C=O) groups is 1. The summed E-state index contributed by atoms with van der Waals surface area (Å²) in [6, 6.07) is 13.7. The standard InChI is InChI=1S/C20H21F3N2O4/c21-20(22,23)13-27-11-15-7-5-14(6-8-15)9-24-19(26)25-10-16-12-28-17-3-1-2-4-18(17)29-16/h1-8,16H,9-13H2,(H2,24,25,26). The van der Waals surface area contributed by atoms with E-state index in [0.717, 1.165) is 5.56 Å². The van der Waals surface area contributed by atoms with Crippen LogP contribution in [0.15, 0.2) is 48.5 Å². The Kier molecular flexibility index (Phi) is 6.82. The zero-order chi connectivity index (χ0) is 20.7. The highest BCUT2D eigenvalue weighted by molar-refractivity contribution is 5.73. The zero-order valence-corrected chi connectivity index (χ0v) is 15.5. The number of fused-ring (bicyclic) bond motifs is 1. The second-order valence-corrected chi connectivity index (χ2v) is 6.49. The first-order valence-corrected chi connectivity index (χ1v) is 9.01. The molecule has 0 saturated carbocycles. The van der Waals surface area contributed by atoms with Crippen LogP contribution in [0.1, 0.15) is 11.1 Å². The van der Waals surface area contributed by atoms with Crippen molar-refractivity contribution in [3.63, 3.8) is 0 Å². The Hall–Kier alpha value is -2.94. The fourth-order valence-corrected chi connectivity index (χ4v) is 2.65. The van der Waals surface area contributed by atoms with Gasteiger partial charge in [0.05, 0.1) is 13.2 Å². The SMILES string of the molecule is O=C(NCc1ccc(COCC(F)(F)F)cc1)NCC1COc2ccccc2O1. The number of urea groups is 1. The monoisotopic (exact) mass is 410 g/mol. The van der Waals surface area contributed by atoms with Gasteiger partial charge in [-0.2, -0.15) is 13.2 Å². The Bertz CT molecular complexity index is 812. The molecule has 0 fully saturated rings. The van der Waals surface area contributed by atoms with Crippen LogP contribution in [-0.2, 0) is 17.9 Å². The predicted octanol–water partition coefficient (Wildman–Crippen LogP) is 3.40. The maximum Gasteiger partial charge on any atom is 0.411 e. The third-order valence-electron chi connectivity index (χ3n) is 4.07. The highest BCUT2D eigenvalue weighted by Gasteiger charge is 2.27. The summed E-state index contributed by atoms with van der Waals surface area (Å²) in [5.41, 5.74) is 1.43. The number of halogens is 3. The van der Waals surface area contributed by atoms with E-state index in [1.165, 1.54) is 0 Å². The summed E-state index contributed by atoms with van der Waals surface area (Å²) in [6.45, 7) is -0.497. The molecule has 2 aromatic rings. The summed E-state index contributed by atoms with van der Waals surface area (Å²) in [7, 11) is 0. The van der Waals surface area contributed by atoms with Crippen LogP contribution < -0.4 is 20.1 Å². The van der Waals surface area contributed by atoms with E-state index in [9.17, 15) is 18.0 Å². The number of para-hydroxylation sites is 2. The van der Waals surface area contributed by atoms with E-state index in [1.54, 1.807) is 30.3 Å². The molecule has 1 unspecified atom stereocenters. The Morgan fingerprint density at radius 3 is 2.45 bits per heavy atom. The van der Waals surface area contributed by atoms with Crippen LogP contribution in [0.2, 0.25) is 0 Å². The highest BCUT2D eigenvalue weighted by atomic mass is 19.4. The van der Waals surface area contributed by atoms with E-state index in [0.29, 0.717) is 23.7 Å². The van der Waals surface area contributed by atoms with Gasteiger partial charge in [0.2, 0.25) is 0 Å². The number of alkyl halides is 3. The molecule has 6 nitrogen and oxygen atoms in total. The summed E-state index contributed by atoms with van der Waals surface area (Å²) in [4.78, 5) is 12.0. The predicted molar refractivity (Wildman–Crippen MR) is 98.7 cm³/mol. The number of rotatable bonds is 7. The van der Waals surface area contributed by atoms with Gasteiger partial charge in [0, 0.05) is 6.54 Å². The van der Waals surface area contributed by atoms with E-state index in [4.69, 9.17) is 9.47 Å². The molecule has 1 heterocycles. The number of ether oxygens (including phenoxy) is 3. The van der Waals surface area contributed by atoms with Crippen LogP contribution in [0, 0.1) is 0 Å². The third kappa shape index (κ3) is 6.86. The van der Waals surface area contributed by atoms with E-state index in [2.05, 4.69) is 15.4 Å². The van der Waals surface area contributed by atoms with Crippen molar-refractivity contribution in [1.29, 1.82) is 0 Å². The molecule has 2 N–H and O–H groups in total. The normalized spacial score (nSPS) is 15.6. The molecule has 0 aliphatic carbocycles. The van der Waals surface area contributed by atoms with E-state index < -0.39 is 12.8 Å². The number of nitrogens with one attached hydrogen (secondary N) is 2. The number of hydrogen-bond acceptors (Lipinski definition) is 4.